The van der Waals surface area contributed by atoms with Gasteiger partial charge in [0.25, 0.3) is 0 Å². The van der Waals surface area contributed by atoms with Gasteiger partial charge in [-0.25, -0.2) is 4.79 Å². The maximum Gasteiger partial charge on any atom is 0.371 e. The molecule has 0 spiro atoms. The zero-order valence-electron chi connectivity index (χ0n) is 18.5. The summed E-state index contributed by atoms with van der Waals surface area (Å²) in [6.07, 6.45) is 0.363. The van der Waals surface area contributed by atoms with Crippen LogP contribution in [0.4, 0.5) is 0 Å². The van der Waals surface area contributed by atoms with Gasteiger partial charge in [-0.15, -0.1) is 14.0 Å². The lowest BCUT2D eigenvalue weighted by atomic mass is 9.87. The van der Waals surface area contributed by atoms with Crippen molar-refractivity contribution >= 4 is 13.9 Å². The van der Waals surface area contributed by atoms with Crippen molar-refractivity contribution in [2.45, 2.75) is 12.0 Å². The first-order valence-electron chi connectivity index (χ1n) is 9.51. The smallest absolute Gasteiger partial charge is 0.371 e. The molecule has 0 saturated heterocycles. The number of ether oxygens (including phenoxy) is 1. The first-order chi connectivity index (χ1) is 13.7. The average molecular weight is 418 g/mol. The number of carbonyl (C=O) groups is 1. The van der Waals surface area contributed by atoms with Crippen molar-refractivity contribution in [2.75, 3.05) is 49.4 Å². The third kappa shape index (κ3) is 4.68. The Balaban J connectivity index is 2.75. The molecule has 0 aliphatic rings. The molecule has 1 unspecified atom stereocenters. The lowest BCUT2D eigenvalue weighted by Gasteiger charge is -2.42. The van der Waals surface area contributed by atoms with Gasteiger partial charge in [0.1, 0.15) is 0 Å². The van der Waals surface area contributed by atoms with Crippen molar-refractivity contribution in [3.8, 4) is 0 Å². The highest BCUT2D eigenvalue weighted by Crippen LogP contribution is 2.68. The number of methoxy groups -OCH3 is 1. The van der Waals surface area contributed by atoms with Crippen LogP contribution in [0.1, 0.15) is 11.1 Å². The van der Waals surface area contributed by atoms with E-state index >= 15 is 0 Å². The van der Waals surface area contributed by atoms with E-state index in [0.29, 0.717) is 6.42 Å². The van der Waals surface area contributed by atoms with Gasteiger partial charge < -0.3 is 4.74 Å². The molecule has 2 rings (SSSR count). The Bertz CT molecular complexity index is 763. The normalized spacial score (nSPS) is 14.3. The predicted molar refractivity (Wildman–Crippen MR) is 119 cm³/mol. The van der Waals surface area contributed by atoms with Crippen LogP contribution in [0.3, 0.4) is 0 Å². The summed E-state index contributed by atoms with van der Waals surface area (Å²) >= 11 is 0. The highest BCUT2D eigenvalue weighted by molar-refractivity contribution is 7.64. The zero-order chi connectivity index (χ0) is 21.7. The molecule has 2 aromatic rings. The fraction of sp³-hybridized carbons (Fsp3) is 0.409. The number of nitrogens with zero attached hydrogens (tertiary/aromatic N) is 3. The van der Waals surface area contributed by atoms with Crippen LogP contribution < -0.4 is 0 Å². The molecule has 0 aromatic heterocycles. The molecule has 7 heteroatoms. The summed E-state index contributed by atoms with van der Waals surface area (Å²) in [7, 11) is 10.8. The van der Waals surface area contributed by atoms with Crippen LogP contribution in [-0.2, 0) is 26.1 Å². The first kappa shape index (κ1) is 23.5. The Labute approximate surface area is 175 Å². The van der Waals surface area contributed by atoms with Gasteiger partial charge in [0.05, 0.1) is 7.11 Å². The van der Waals surface area contributed by atoms with Crippen LogP contribution in [0.2, 0.25) is 0 Å². The van der Waals surface area contributed by atoms with Crippen LogP contribution in [0.15, 0.2) is 60.7 Å². The SMILES string of the molecule is COC(=O)C(Cc1ccccc1)(O[P+](N(C)C)(N(C)C)N(C)C)c1ccccc1. The van der Waals surface area contributed by atoms with Gasteiger partial charge in [0.15, 0.2) is 0 Å². The lowest BCUT2D eigenvalue weighted by Crippen LogP contribution is -2.48. The third-order valence-electron chi connectivity index (χ3n) is 4.89. The molecule has 0 amide bonds. The average Bonchev–Trinajstić information content (AvgIpc) is 2.71. The number of carbonyl (C=O) groups excluding carboxylic acids is 1. The lowest BCUT2D eigenvalue weighted by molar-refractivity contribution is -0.161. The van der Waals surface area contributed by atoms with Crippen LogP contribution in [-0.4, -0.2) is 69.4 Å². The fourth-order valence-corrected chi connectivity index (χ4v) is 7.00. The van der Waals surface area contributed by atoms with E-state index in [2.05, 4.69) is 14.0 Å². The Morgan fingerprint density at radius 3 is 1.69 bits per heavy atom. The van der Waals surface area contributed by atoms with Gasteiger partial charge in [-0.05, 0) is 5.56 Å². The summed E-state index contributed by atoms with van der Waals surface area (Å²) in [5.74, 6) is -0.414. The Morgan fingerprint density at radius 1 is 0.828 bits per heavy atom. The van der Waals surface area contributed by atoms with Crippen molar-refractivity contribution in [1.82, 2.24) is 14.0 Å². The second kappa shape index (κ2) is 9.79. The van der Waals surface area contributed by atoms with Crippen molar-refractivity contribution < 1.29 is 14.1 Å². The van der Waals surface area contributed by atoms with Crippen molar-refractivity contribution in [3.05, 3.63) is 71.8 Å². The van der Waals surface area contributed by atoms with Crippen LogP contribution in [0.5, 0.6) is 0 Å². The maximum absolute atomic E-state index is 13.4. The van der Waals surface area contributed by atoms with Crippen molar-refractivity contribution in [1.29, 1.82) is 0 Å². The molecule has 0 aliphatic heterocycles. The minimum absolute atomic E-state index is 0.363. The van der Waals surface area contributed by atoms with E-state index in [-0.39, 0.29) is 0 Å². The summed E-state index contributed by atoms with van der Waals surface area (Å²) in [4.78, 5) is 13.4. The van der Waals surface area contributed by atoms with E-state index in [4.69, 9.17) is 9.26 Å². The minimum atomic E-state index is -2.50. The summed E-state index contributed by atoms with van der Waals surface area (Å²) in [6.45, 7) is 0. The molecular formula is C22H33N3O3P+. The summed E-state index contributed by atoms with van der Waals surface area (Å²) < 4.78 is 18.5. The highest BCUT2D eigenvalue weighted by Gasteiger charge is 2.60. The number of hydrogen-bond donors (Lipinski definition) is 0. The van der Waals surface area contributed by atoms with E-state index < -0.39 is 19.5 Å². The molecule has 6 nitrogen and oxygen atoms in total. The fourth-order valence-electron chi connectivity index (χ4n) is 3.70. The molecule has 2 aromatic carbocycles. The number of benzene rings is 2. The monoisotopic (exact) mass is 418 g/mol. The number of hydrogen-bond acceptors (Lipinski definition) is 6. The van der Waals surface area contributed by atoms with Gasteiger partial charge >= 0.3 is 13.9 Å². The van der Waals surface area contributed by atoms with Crippen LogP contribution in [0.25, 0.3) is 0 Å². The molecule has 29 heavy (non-hydrogen) atoms. The van der Waals surface area contributed by atoms with Crippen molar-refractivity contribution in [2.24, 2.45) is 0 Å². The molecule has 0 heterocycles. The molecule has 0 N–H and O–H groups in total. The molecular weight excluding hydrogens is 385 g/mol. The topological polar surface area (TPSA) is 45.3 Å². The molecule has 0 fully saturated rings. The second-order valence-corrected chi connectivity index (χ2v) is 11.1. The zero-order valence-corrected chi connectivity index (χ0v) is 19.4. The molecule has 1 atom stereocenters. The Kier molecular flexibility index (Phi) is 7.92. The Morgan fingerprint density at radius 2 is 1.28 bits per heavy atom. The number of rotatable bonds is 9. The summed E-state index contributed by atoms with van der Waals surface area (Å²) in [6, 6.07) is 19.5. The van der Waals surface area contributed by atoms with Gasteiger partial charge in [0.2, 0.25) is 5.60 Å². The van der Waals surface area contributed by atoms with E-state index in [1.165, 1.54) is 7.11 Å². The van der Waals surface area contributed by atoms with Gasteiger partial charge in [-0.3, -0.25) is 0 Å². The van der Waals surface area contributed by atoms with E-state index in [1.54, 1.807) is 0 Å². The molecule has 0 saturated carbocycles. The van der Waals surface area contributed by atoms with E-state index in [0.717, 1.165) is 11.1 Å². The molecule has 158 valence electrons. The summed E-state index contributed by atoms with van der Waals surface area (Å²) in [5, 5.41) is 0. The minimum Gasteiger partial charge on any atom is -0.466 e. The molecule has 0 bridgehead atoms. The van der Waals surface area contributed by atoms with Gasteiger partial charge in [-0.2, -0.15) is 4.52 Å². The standard InChI is InChI=1S/C22H33N3O3P/c1-23(2)29(24(3)4,25(5)6)28-22(21(26)27-7,20-16-12-9-13-17-20)18-19-14-10-8-11-15-19/h8-17H,18H2,1-7H3/q+1. The second-order valence-electron chi connectivity index (χ2n) is 7.49. The number of esters is 1. The highest BCUT2D eigenvalue weighted by atomic mass is 31.2. The molecule has 0 aliphatic carbocycles. The summed E-state index contributed by atoms with van der Waals surface area (Å²) in [5.41, 5.74) is 0.464. The Hall–Kier alpha value is -1.82. The van der Waals surface area contributed by atoms with Gasteiger partial charge in [0, 0.05) is 54.3 Å². The van der Waals surface area contributed by atoms with Crippen LogP contribution in [0, 0.1) is 0 Å². The van der Waals surface area contributed by atoms with Crippen molar-refractivity contribution in [3.63, 3.8) is 0 Å². The first-order valence-corrected chi connectivity index (χ1v) is 11.1. The molecule has 0 radical (unpaired) electrons. The third-order valence-corrected chi connectivity index (χ3v) is 8.58. The van der Waals surface area contributed by atoms with E-state index in [9.17, 15) is 4.79 Å². The van der Waals surface area contributed by atoms with Gasteiger partial charge in [-0.1, -0.05) is 60.7 Å². The van der Waals surface area contributed by atoms with Crippen LogP contribution >= 0.6 is 7.94 Å². The maximum atomic E-state index is 13.4. The largest absolute Gasteiger partial charge is 0.466 e. The predicted octanol–water partition coefficient (Wildman–Crippen LogP) is 3.68. The quantitative estimate of drug-likeness (QED) is 0.457. The van der Waals surface area contributed by atoms with E-state index in [1.807, 2.05) is 103 Å².